The standard InChI is InChI=1S/C40H40O16/c41-29-25(30(42)50-37(49-29)17-9-3-10-18-37)13-5-1-7-15-27-33(45)53-39(54-34(27)46)21-23-40(24-22-39)55-35(47)28(36(48)56-40)16-8-2-6-14-26-31(43)51-38(52-32(26)44)19-11-4-12-20-38/h1-2,5-8,13-16,41,47H,3-4,9-12,17-24H2/b6-2+,7-1+,13-5+,16-8+,27-15?. The molecule has 4 heterocycles. The Morgan fingerprint density at radius 3 is 1.02 bits per heavy atom. The number of hydrogen-bond donors (Lipinski definition) is 2. The van der Waals surface area contributed by atoms with Crippen LogP contribution in [0.2, 0.25) is 0 Å². The molecule has 0 radical (unpaired) electrons. The van der Waals surface area contributed by atoms with Gasteiger partial charge >= 0.3 is 35.8 Å². The second kappa shape index (κ2) is 15.2. The third kappa shape index (κ3) is 7.86. The fraction of sp³-hybridized carbons (Fsp3) is 0.450. The molecular formula is C40H40O16. The highest BCUT2D eigenvalue weighted by Crippen LogP contribution is 2.46. The Kier molecular flexibility index (Phi) is 10.4. The summed E-state index contributed by atoms with van der Waals surface area (Å²) >= 11 is 0. The van der Waals surface area contributed by atoms with Crippen LogP contribution in [0.3, 0.4) is 0 Å². The normalized spacial score (nSPS) is 25.7. The van der Waals surface area contributed by atoms with Crippen LogP contribution in [0.25, 0.3) is 0 Å². The quantitative estimate of drug-likeness (QED) is 0.116. The topological polar surface area (TPSA) is 217 Å². The van der Waals surface area contributed by atoms with Gasteiger partial charge in [-0.1, -0.05) is 49.3 Å². The highest BCUT2D eigenvalue weighted by Gasteiger charge is 2.56. The monoisotopic (exact) mass is 776 g/mol. The van der Waals surface area contributed by atoms with E-state index in [-0.39, 0.29) is 42.4 Å². The number of esters is 6. The van der Waals surface area contributed by atoms with Gasteiger partial charge in [0.05, 0.1) is 0 Å². The Hall–Kier alpha value is -6.06. The maximum Gasteiger partial charge on any atom is 0.348 e. The van der Waals surface area contributed by atoms with Gasteiger partial charge in [0.2, 0.25) is 0 Å². The van der Waals surface area contributed by atoms with Crippen molar-refractivity contribution in [3.8, 4) is 0 Å². The minimum absolute atomic E-state index is 0.0962. The molecule has 7 rings (SSSR count). The number of rotatable bonds is 6. The summed E-state index contributed by atoms with van der Waals surface area (Å²) in [6, 6.07) is 0. The molecule has 7 aliphatic rings. The van der Waals surface area contributed by atoms with Crippen LogP contribution >= 0.6 is 0 Å². The molecule has 0 unspecified atom stereocenters. The van der Waals surface area contributed by atoms with E-state index in [0.29, 0.717) is 25.7 Å². The molecule has 16 heteroatoms. The van der Waals surface area contributed by atoms with Gasteiger partial charge in [-0.05, 0) is 50.0 Å². The van der Waals surface area contributed by atoms with E-state index in [1.807, 2.05) is 0 Å². The number of hydrogen-bond acceptors (Lipinski definition) is 16. The zero-order valence-corrected chi connectivity index (χ0v) is 30.3. The summed E-state index contributed by atoms with van der Waals surface area (Å²) in [5.74, 6) is -11.9. The van der Waals surface area contributed by atoms with Crippen molar-refractivity contribution in [3.63, 3.8) is 0 Å². The van der Waals surface area contributed by atoms with Crippen molar-refractivity contribution in [3.05, 3.63) is 94.9 Å². The predicted octanol–water partition coefficient (Wildman–Crippen LogP) is 5.24. The van der Waals surface area contributed by atoms with Crippen LogP contribution in [0, 0.1) is 0 Å². The van der Waals surface area contributed by atoms with Crippen LogP contribution in [-0.2, 0) is 66.7 Å². The molecule has 0 aromatic heterocycles. The SMILES string of the molecule is O=C1OC2(CCCCC2)OC(=O)C1=C/C=C/C=C/C1=C(O)OC2(CCC3(CC2)OC(=O)C(=C/C=C/C=C/C2=C(O)OC4(CCCCC4)OC2=O)C(=O)O3)OC1=O. The van der Waals surface area contributed by atoms with Crippen LogP contribution in [0.5, 0.6) is 0 Å². The van der Waals surface area contributed by atoms with Gasteiger partial charge in [0.25, 0.3) is 35.0 Å². The lowest BCUT2D eigenvalue weighted by Crippen LogP contribution is -2.54. The van der Waals surface area contributed by atoms with Crippen molar-refractivity contribution in [2.75, 3.05) is 0 Å². The molecule has 296 valence electrons. The minimum Gasteiger partial charge on any atom is -0.480 e. The lowest BCUT2D eigenvalue weighted by molar-refractivity contribution is -0.297. The molecule has 0 amide bonds. The van der Waals surface area contributed by atoms with Crippen LogP contribution in [-0.4, -0.2) is 69.2 Å². The summed E-state index contributed by atoms with van der Waals surface area (Å²) in [5, 5.41) is 20.9. The van der Waals surface area contributed by atoms with E-state index < -0.39 is 76.4 Å². The fourth-order valence-corrected chi connectivity index (χ4v) is 7.53. The van der Waals surface area contributed by atoms with Gasteiger partial charge in [0, 0.05) is 51.4 Å². The highest BCUT2D eigenvalue weighted by molar-refractivity contribution is 6.16. The first-order valence-electron chi connectivity index (χ1n) is 18.6. The lowest BCUT2D eigenvalue weighted by Gasteiger charge is -2.46. The number of carbonyl (C=O) groups excluding carboxylic acids is 6. The maximum atomic E-state index is 12.9. The molecule has 4 spiro atoms. The maximum absolute atomic E-state index is 12.9. The average molecular weight is 777 g/mol. The molecule has 2 saturated heterocycles. The van der Waals surface area contributed by atoms with Gasteiger partial charge < -0.3 is 48.1 Å². The lowest BCUT2D eigenvalue weighted by atomic mass is 9.87. The summed E-state index contributed by atoms with van der Waals surface area (Å²) < 4.78 is 44.1. The van der Waals surface area contributed by atoms with Gasteiger partial charge in [-0.25, -0.2) is 28.8 Å². The second-order valence-corrected chi connectivity index (χ2v) is 14.4. The Bertz CT molecular complexity index is 1900. The van der Waals surface area contributed by atoms with E-state index in [1.54, 1.807) is 0 Å². The molecule has 5 fully saturated rings. The summed E-state index contributed by atoms with van der Waals surface area (Å²) in [6.45, 7) is 0. The Morgan fingerprint density at radius 1 is 0.357 bits per heavy atom. The molecule has 3 saturated carbocycles. The molecular weight excluding hydrogens is 736 g/mol. The number of aliphatic hydroxyl groups excluding tert-OH is 2. The molecule has 0 atom stereocenters. The third-order valence-electron chi connectivity index (χ3n) is 10.5. The molecule has 16 nitrogen and oxygen atoms in total. The molecule has 0 aromatic rings. The zero-order chi connectivity index (χ0) is 39.6. The van der Waals surface area contributed by atoms with Crippen molar-refractivity contribution in [2.24, 2.45) is 0 Å². The summed E-state index contributed by atoms with van der Waals surface area (Å²) in [4.78, 5) is 76.1. The van der Waals surface area contributed by atoms with Gasteiger partial charge in [0.15, 0.2) is 0 Å². The molecule has 0 aromatic carbocycles. The van der Waals surface area contributed by atoms with Crippen molar-refractivity contribution >= 4 is 35.8 Å². The average Bonchev–Trinajstić information content (AvgIpc) is 3.14. The first kappa shape index (κ1) is 38.2. The van der Waals surface area contributed by atoms with Crippen LogP contribution in [0.1, 0.15) is 89.9 Å². The summed E-state index contributed by atoms with van der Waals surface area (Å²) in [5.41, 5.74) is -1.15. The van der Waals surface area contributed by atoms with Crippen molar-refractivity contribution < 1.29 is 76.9 Å². The van der Waals surface area contributed by atoms with E-state index in [9.17, 15) is 39.0 Å². The molecule has 2 N–H and O–H groups in total. The zero-order valence-electron chi connectivity index (χ0n) is 30.3. The Morgan fingerprint density at radius 2 is 0.661 bits per heavy atom. The van der Waals surface area contributed by atoms with Crippen molar-refractivity contribution in [1.82, 2.24) is 0 Å². The highest BCUT2D eigenvalue weighted by atomic mass is 16.8. The first-order valence-corrected chi connectivity index (χ1v) is 18.6. The van der Waals surface area contributed by atoms with E-state index in [0.717, 1.165) is 38.5 Å². The van der Waals surface area contributed by atoms with Gasteiger partial charge in [-0.2, -0.15) is 0 Å². The summed E-state index contributed by atoms with van der Waals surface area (Å²) in [7, 11) is 0. The van der Waals surface area contributed by atoms with Crippen LogP contribution in [0.4, 0.5) is 0 Å². The van der Waals surface area contributed by atoms with E-state index in [1.165, 1.54) is 60.8 Å². The third-order valence-corrected chi connectivity index (χ3v) is 10.5. The number of allylic oxidation sites excluding steroid dienone is 8. The molecule has 4 aliphatic heterocycles. The van der Waals surface area contributed by atoms with Crippen molar-refractivity contribution in [1.29, 1.82) is 0 Å². The Labute approximate surface area is 320 Å². The molecule has 56 heavy (non-hydrogen) atoms. The van der Waals surface area contributed by atoms with E-state index in [2.05, 4.69) is 0 Å². The van der Waals surface area contributed by atoms with Gasteiger partial charge in [-0.15, -0.1) is 0 Å². The smallest absolute Gasteiger partial charge is 0.348 e. The van der Waals surface area contributed by atoms with Gasteiger partial charge in [-0.3, -0.25) is 0 Å². The minimum atomic E-state index is -1.65. The molecule has 0 bridgehead atoms. The number of aliphatic hydroxyl groups is 2. The fourth-order valence-electron chi connectivity index (χ4n) is 7.53. The van der Waals surface area contributed by atoms with Crippen LogP contribution < -0.4 is 0 Å². The number of ether oxygens (including phenoxy) is 8. The predicted molar refractivity (Wildman–Crippen MR) is 186 cm³/mol. The van der Waals surface area contributed by atoms with Crippen LogP contribution in [0.15, 0.2) is 94.9 Å². The van der Waals surface area contributed by atoms with E-state index in [4.69, 9.17) is 37.9 Å². The molecule has 3 aliphatic carbocycles. The Balaban J connectivity index is 0.906. The van der Waals surface area contributed by atoms with E-state index >= 15 is 0 Å². The number of carbonyl (C=O) groups is 6. The van der Waals surface area contributed by atoms with Crippen molar-refractivity contribution in [2.45, 2.75) is 113 Å². The van der Waals surface area contributed by atoms with Gasteiger partial charge in [0.1, 0.15) is 22.3 Å². The summed E-state index contributed by atoms with van der Waals surface area (Å²) in [6.07, 6.45) is 19.8. The second-order valence-electron chi connectivity index (χ2n) is 14.4. The largest absolute Gasteiger partial charge is 0.480 e. The first-order chi connectivity index (χ1) is 26.8.